The van der Waals surface area contributed by atoms with Crippen LogP contribution in [0.2, 0.25) is 10.8 Å². The molecule has 0 aliphatic rings. The molecule has 0 saturated carbocycles. The topological polar surface area (TPSA) is 36.4 Å². The SMILES string of the molecule is CCCCCCCCc1cccc(C(=C(CCCCCC)C(C)=C=[N+]=[N-])c2cccc(CCCCC)c2)c1.CCC[CH2][Ni][CH2]CCC. The van der Waals surface area contributed by atoms with Gasteiger partial charge in [0.1, 0.15) is 0 Å². The quantitative estimate of drug-likeness (QED) is 0.0249. The molecule has 0 radical (unpaired) electrons. The molecule has 2 nitrogen and oxygen atoms in total. The molecule has 47 heavy (non-hydrogen) atoms. The fraction of sp³-hybridized carbons (Fsp3) is 0.636. The first-order valence-corrected chi connectivity index (χ1v) is 20.8. The average Bonchev–Trinajstić information content (AvgIpc) is 3.08. The Hall–Kier alpha value is -2.17. The average molecular weight is 686 g/mol. The second-order valence-corrected chi connectivity index (χ2v) is 14.5. The van der Waals surface area contributed by atoms with Crippen LogP contribution in [-0.2, 0) is 27.3 Å². The standard InChI is InChI=1S/C36H52N2.2C4H9.Ni/c1-5-8-11-13-14-16-21-32-23-19-25-34(28-32)36(33-24-18-22-31(27-33)20-15-10-7-3)35(30(4)29-38-37)26-17-12-9-6-2;2*1-3-4-2;/h18-19,22-25,27-28H,5-17,20-21,26H2,1-4H3;2*1,3-4H2,2H3;. The molecule has 0 spiro atoms. The predicted octanol–water partition coefficient (Wildman–Crippen LogP) is 14.4. The fourth-order valence-electron chi connectivity index (χ4n) is 5.80. The molecule has 2 rings (SSSR count). The van der Waals surface area contributed by atoms with Gasteiger partial charge in [0.05, 0.1) is 5.57 Å². The van der Waals surface area contributed by atoms with E-state index in [2.05, 4.69) is 93.8 Å². The van der Waals surface area contributed by atoms with Gasteiger partial charge in [-0.15, -0.1) is 4.79 Å². The monoisotopic (exact) mass is 684 g/mol. The second kappa shape index (κ2) is 29.9. The van der Waals surface area contributed by atoms with Crippen molar-refractivity contribution in [3.05, 3.63) is 87.5 Å². The molecule has 0 fully saturated rings. The summed E-state index contributed by atoms with van der Waals surface area (Å²) in [4.78, 5) is 3.31. The Morgan fingerprint density at radius 2 is 1.04 bits per heavy atom. The molecule has 266 valence electrons. The Kier molecular flexibility index (Phi) is 27.3. The van der Waals surface area contributed by atoms with Crippen molar-refractivity contribution in [2.24, 2.45) is 0 Å². The first kappa shape index (κ1) is 42.9. The van der Waals surface area contributed by atoms with E-state index in [4.69, 9.17) is 0 Å². The van der Waals surface area contributed by atoms with E-state index in [0.29, 0.717) is 0 Å². The summed E-state index contributed by atoms with van der Waals surface area (Å²) in [5.74, 6) is 2.88. The fourth-order valence-corrected chi connectivity index (χ4v) is 7.24. The molecule has 0 aliphatic heterocycles. The summed E-state index contributed by atoms with van der Waals surface area (Å²) in [5.41, 5.74) is 18.2. The van der Waals surface area contributed by atoms with Gasteiger partial charge in [0, 0.05) is 0 Å². The van der Waals surface area contributed by atoms with Crippen molar-refractivity contribution in [1.29, 1.82) is 0 Å². The zero-order valence-corrected chi connectivity index (χ0v) is 32.4. The van der Waals surface area contributed by atoms with Gasteiger partial charge in [-0.2, -0.15) is 0 Å². The van der Waals surface area contributed by atoms with Crippen LogP contribution in [-0.4, -0.2) is 10.7 Å². The summed E-state index contributed by atoms with van der Waals surface area (Å²) < 4.78 is 0. The van der Waals surface area contributed by atoms with E-state index in [0.717, 1.165) is 31.3 Å². The van der Waals surface area contributed by atoms with Gasteiger partial charge >= 0.3 is 70.6 Å². The summed E-state index contributed by atoms with van der Waals surface area (Å²) in [7, 11) is 0. The summed E-state index contributed by atoms with van der Waals surface area (Å²) in [6, 6.07) is 18.3. The molecular formula is C44H70N2Ni. The van der Waals surface area contributed by atoms with Crippen molar-refractivity contribution in [2.45, 2.75) is 181 Å². The number of hydrogen-bond acceptors (Lipinski definition) is 0. The number of benzene rings is 2. The van der Waals surface area contributed by atoms with Crippen LogP contribution in [0.1, 0.15) is 179 Å². The van der Waals surface area contributed by atoms with E-state index in [-0.39, 0.29) is 0 Å². The van der Waals surface area contributed by atoms with Gasteiger partial charge in [0.15, 0.2) is 0 Å². The van der Waals surface area contributed by atoms with Crippen molar-refractivity contribution >= 4 is 11.4 Å². The third kappa shape index (κ3) is 20.1. The Bertz CT molecular complexity index is 1180. The minimum absolute atomic E-state index is 0.928. The van der Waals surface area contributed by atoms with Crippen molar-refractivity contribution in [3.63, 3.8) is 0 Å². The van der Waals surface area contributed by atoms with Crippen molar-refractivity contribution in [1.82, 2.24) is 0 Å². The van der Waals surface area contributed by atoms with Crippen molar-refractivity contribution in [3.8, 4) is 0 Å². The van der Waals surface area contributed by atoms with Gasteiger partial charge in [-0.25, -0.2) is 0 Å². The molecule has 0 atom stereocenters. The molecule has 2 aromatic rings. The number of rotatable bonds is 25. The first-order valence-electron chi connectivity index (χ1n) is 19.4. The van der Waals surface area contributed by atoms with E-state index < -0.39 is 0 Å². The molecule has 0 unspecified atom stereocenters. The molecule has 0 N–H and O–H groups in total. The van der Waals surface area contributed by atoms with Gasteiger partial charge in [0.2, 0.25) is 0 Å². The van der Waals surface area contributed by atoms with Gasteiger partial charge in [-0.05, 0) is 78.8 Å². The maximum absolute atomic E-state index is 9.37. The number of hydrogen-bond donors (Lipinski definition) is 0. The van der Waals surface area contributed by atoms with E-state index in [9.17, 15) is 5.53 Å². The van der Waals surface area contributed by atoms with Crippen LogP contribution >= 0.6 is 0 Å². The van der Waals surface area contributed by atoms with Crippen LogP contribution in [0.15, 0.2) is 59.7 Å². The summed E-state index contributed by atoms with van der Waals surface area (Å²) >= 11 is 1.94. The first-order chi connectivity index (χ1) is 23.1. The van der Waals surface area contributed by atoms with Crippen molar-refractivity contribution in [2.75, 3.05) is 0 Å². The zero-order chi connectivity index (χ0) is 34.4. The summed E-state index contributed by atoms with van der Waals surface area (Å²) in [5, 5.41) is 2.78. The number of unbranched alkanes of at least 4 members (excludes halogenated alkanes) is 12. The van der Waals surface area contributed by atoms with E-state index in [1.165, 1.54) is 147 Å². The number of nitrogens with zero attached hydrogens (tertiary/aromatic N) is 2. The van der Waals surface area contributed by atoms with E-state index in [1.807, 2.05) is 21.4 Å². The van der Waals surface area contributed by atoms with Crippen molar-refractivity contribution < 1.29 is 19.2 Å². The summed E-state index contributed by atoms with van der Waals surface area (Å²) in [6.07, 6.45) is 25.2. The third-order valence-corrected chi connectivity index (χ3v) is 10.1. The van der Waals surface area contributed by atoms with Crippen LogP contribution in [0.25, 0.3) is 11.1 Å². The van der Waals surface area contributed by atoms with Crippen LogP contribution in [0, 0.1) is 0 Å². The molecule has 0 heterocycles. The second-order valence-electron chi connectivity index (χ2n) is 13.1. The molecule has 3 heteroatoms. The van der Waals surface area contributed by atoms with Crippen LogP contribution in [0.3, 0.4) is 0 Å². The van der Waals surface area contributed by atoms with E-state index >= 15 is 0 Å². The molecule has 2 aromatic carbocycles. The minimum atomic E-state index is 0.928. The molecule has 0 bridgehead atoms. The van der Waals surface area contributed by atoms with E-state index in [1.54, 1.807) is 0 Å². The Morgan fingerprint density at radius 3 is 1.55 bits per heavy atom. The van der Waals surface area contributed by atoms with Gasteiger partial charge in [-0.1, -0.05) is 134 Å². The Balaban J connectivity index is 0.00000107. The normalized spacial score (nSPS) is 11.4. The molecule has 0 aromatic heterocycles. The third-order valence-electron chi connectivity index (χ3n) is 8.73. The maximum atomic E-state index is 9.37. The van der Waals surface area contributed by atoms with Crippen LogP contribution < -0.4 is 0 Å². The Labute approximate surface area is 297 Å². The molecular weight excluding hydrogens is 615 g/mol. The van der Waals surface area contributed by atoms with Crippen LogP contribution in [0.5, 0.6) is 0 Å². The van der Waals surface area contributed by atoms with Gasteiger partial charge in [0.25, 0.3) is 0 Å². The number of aryl methyl sites for hydroxylation is 2. The van der Waals surface area contributed by atoms with Gasteiger partial charge < -0.3 is 5.53 Å². The molecule has 0 saturated heterocycles. The molecule has 0 aliphatic carbocycles. The summed E-state index contributed by atoms with van der Waals surface area (Å²) in [6.45, 7) is 13.3. The predicted molar refractivity (Wildman–Crippen MR) is 205 cm³/mol. The molecule has 0 amide bonds. The Morgan fingerprint density at radius 1 is 0.596 bits per heavy atom. The zero-order valence-electron chi connectivity index (χ0n) is 31.4. The van der Waals surface area contributed by atoms with Crippen LogP contribution in [0.4, 0.5) is 0 Å². The van der Waals surface area contributed by atoms with Gasteiger partial charge in [-0.3, -0.25) is 0 Å². The number of allylic oxidation sites excluding steroid dienone is 2.